The molecule has 84 valence electrons. The lowest BCUT2D eigenvalue weighted by Crippen LogP contribution is -2.29. The highest BCUT2D eigenvalue weighted by molar-refractivity contribution is 6.33. The summed E-state index contributed by atoms with van der Waals surface area (Å²) in [5.41, 5.74) is 3.08. The molecule has 1 aromatic rings. The molecule has 0 aliphatic carbocycles. The van der Waals surface area contributed by atoms with Gasteiger partial charge in [0.2, 0.25) is 0 Å². The van der Waals surface area contributed by atoms with E-state index in [0.717, 1.165) is 0 Å². The standard InChI is InChI=1S/C8H8ClN5O2/c1-5-7(14(15)16)4-6(9)8(12-5)13-10-2-3-11-13/h2,4,11H,3H2,1H3. The molecule has 0 saturated heterocycles. The molecule has 0 atom stereocenters. The molecule has 0 saturated carbocycles. The van der Waals surface area contributed by atoms with Crippen molar-refractivity contribution in [2.75, 3.05) is 11.7 Å². The monoisotopic (exact) mass is 241 g/mol. The Morgan fingerprint density at radius 2 is 2.44 bits per heavy atom. The van der Waals surface area contributed by atoms with Gasteiger partial charge in [-0.1, -0.05) is 11.6 Å². The molecule has 2 rings (SSSR count). The van der Waals surface area contributed by atoms with Gasteiger partial charge in [0.1, 0.15) is 5.69 Å². The van der Waals surface area contributed by atoms with E-state index < -0.39 is 4.92 Å². The number of anilines is 1. The van der Waals surface area contributed by atoms with Gasteiger partial charge in [-0.3, -0.25) is 10.1 Å². The number of hydrazine groups is 1. The number of hydrogen-bond donors (Lipinski definition) is 1. The minimum Gasteiger partial charge on any atom is -0.258 e. The maximum Gasteiger partial charge on any atom is 0.292 e. The number of nitrogens with one attached hydrogen (secondary N) is 1. The maximum absolute atomic E-state index is 10.7. The van der Waals surface area contributed by atoms with E-state index in [1.165, 1.54) is 11.2 Å². The van der Waals surface area contributed by atoms with E-state index in [4.69, 9.17) is 11.6 Å². The number of aryl methyl sites for hydroxylation is 1. The normalized spacial score (nSPS) is 14.5. The van der Waals surface area contributed by atoms with Crippen LogP contribution in [0.4, 0.5) is 11.5 Å². The van der Waals surface area contributed by atoms with Crippen molar-refractivity contribution >= 4 is 29.3 Å². The first kappa shape index (κ1) is 10.8. The first-order valence-corrected chi connectivity index (χ1v) is 4.85. The van der Waals surface area contributed by atoms with Crippen molar-refractivity contribution < 1.29 is 4.92 Å². The topological polar surface area (TPSA) is 83.7 Å². The molecule has 16 heavy (non-hydrogen) atoms. The van der Waals surface area contributed by atoms with Gasteiger partial charge in [0.25, 0.3) is 5.69 Å². The molecule has 1 aliphatic heterocycles. The van der Waals surface area contributed by atoms with Gasteiger partial charge < -0.3 is 0 Å². The van der Waals surface area contributed by atoms with Gasteiger partial charge in [0, 0.05) is 12.3 Å². The molecule has 2 heterocycles. The molecule has 0 fully saturated rings. The van der Waals surface area contributed by atoms with E-state index in [0.29, 0.717) is 18.1 Å². The number of nitro groups is 1. The Labute approximate surface area is 95.8 Å². The van der Waals surface area contributed by atoms with E-state index in [1.807, 2.05) is 0 Å². The largest absolute Gasteiger partial charge is 0.292 e. The molecule has 0 unspecified atom stereocenters. The van der Waals surface area contributed by atoms with Crippen LogP contribution in [0, 0.1) is 17.0 Å². The molecule has 0 spiro atoms. The molecule has 0 amide bonds. The second-order valence-corrected chi connectivity index (χ2v) is 3.53. The molecular formula is C8H8ClN5O2. The van der Waals surface area contributed by atoms with Gasteiger partial charge in [-0.05, 0) is 6.92 Å². The molecular weight excluding hydrogens is 234 g/mol. The van der Waals surface area contributed by atoms with Crippen LogP contribution in [-0.2, 0) is 0 Å². The predicted molar refractivity (Wildman–Crippen MR) is 59.6 cm³/mol. The maximum atomic E-state index is 10.7. The van der Waals surface area contributed by atoms with Gasteiger partial charge in [-0.25, -0.2) is 10.4 Å². The summed E-state index contributed by atoms with van der Waals surface area (Å²) in [6, 6.07) is 1.27. The third-order valence-corrected chi connectivity index (χ3v) is 2.33. The molecule has 8 heteroatoms. The summed E-state index contributed by atoms with van der Waals surface area (Å²) in [6.45, 7) is 2.13. The highest BCUT2D eigenvalue weighted by atomic mass is 35.5. The molecule has 0 radical (unpaired) electrons. The Morgan fingerprint density at radius 3 is 3.00 bits per heavy atom. The van der Waals surface area contributed by atoms with Gasteiger partial charge in [0.05, 0.1) is 16.5 Å². The SMILES string of the molecule is Cc1nc(N2N=CCN2)c(Cl)cc1[N+](=O)[O-]. The average molecular weight is 242 g/mol. The highest BCUT2D eigenvalue weighted by Crippen LogP contribution is 2.29. The smallest absolute Gasteiger partial charge is 0.258 e. The van der Waals surface area contributed by atoms with E-state index in [2.05, 4.69) is 15.5 Å². The third kappa shape index (κ3) is 1.82. The van der Waals surface area contributed by atoms with Crippen LogP contribution in [0.2, 0.25) is 5.02 Å². The van der Waals surface area contributed by atoms with Gasteiger partial charge in [0.15, 0.2) is 5.82 Å². The second-order valence-electron chi connectivity index (χ2n) is 3.13. The number of nitrogens with zero attached hydrogens (tertiary/aromatic N) is 4. The van der Waals surface area contributed by atoms with Crippen LogP contribution in [0.3, 0.4) is 0 Å². The van der Waals surface area contributed by atoms with Gasteiger partial charge >= 0.3 is 0 Å². The third-order valence-electron chi connectivity index (χ3n) is 2.05. The number of hydrazone groups is 1. The number of rotatable bonds is 2. The summed E-state index contributed by atoms with van der Waals surface area (Å²) >= 11 is 5.90. The zero-order valence-corrected chi connectivity index (χ0v) is 9.10. The van der Waals surface area contributed by atoms with Crippen LogP contribution in [0.1, 0.15) is 5.69 Å². The van der Waals surface area contributed by atoms with Crippen molar-refractivity contribution in [3.05, 3.63) is 26.9 Å². The van der Waals surface area contributed by atoms with E-state index in [-0.39, 0.29) is 10.7 Å². The van der Waals surface area contributed by atoms with E-state index >= 15 is 0 Å². The quantitative estimate of drug-likeness (QED) is 0.623. The lowest BCUT2D eigenvalue weighted by molar-refractivity contribution is -0.385. The Bertz CT molecular complexity index is 476. The summed E-state index contributed by atoms with van der Waals surface area (Å²) in [7, 11) is 0. The summed E-state index contributed by atoms with van der Waals surface area (Å²) < 4.78 is 0. The lowest BCUT2D eigenvalue weighted by atomic mass is 10.3. The van der Waals surface area contributed by atoms with Crippen LogP contribution in [0.15, 0.2) is 11.2 Å². The van der Waals surface area contributed by atoms with Crippen molar-refractivity contribution in [2.45, 2.75) is 6.92 Å². The van der Waals surface area contributed by atoms with Crippen molar-refractivity contribution in [3.63, 3.8) is 0 Å². The fourth-order valence-electron chi connectivity index (χ4n) is 1.31. The minimum atomic E-state index is -0.515. The number of aromatic nitrogens is 1. The van der Waals surface area contributed by atoms with E-state index in [1.54, 1.807) is 13.1 Å². The van der Waals surface area contributed by atoms with E-state index in [9.17, 15) is 10.1 Å². The first-order valence-electron chi connectivity index (χ1n) is 4.47. The molecule has 0 bridgehead atoms. The molecule has 0 aromatic carbocycles. The van der Waals surface area contributed by atoms with Crippen LogP contribution in [0.25, 0.3) is 0 Å². The number of pyridine rings is 1. The van der Waals surface area contributed by atoms with Gasteiger partial charge in [-0.2, -0.15) is 10.2 Å². The van der Waals surface area contributed by atoms with Gasteiger partial charge in [-0.15, -0.1) is 0 Å². The zero-order valence-electron chi connectivity index (χ0n) is 8.35. The highest BCUT2D eigenvalue weighted by Gasteiger charge is 2.20. The fraction of sp³-hybridized carbons (Fsp3) is 0.250. The Kier molecular flexibility index (Phi) is 2.71. The summed E-state index contributed by atoms with van der Waals surface area (Å²) in [4.78, 5) is 14.2. The van der Waals surface area contributed by atoms with Crippen LogP contribution in [-0.4, -0.2) is 22.7 Å². The Morgan fingerprint density at radius 1 is 1.69 bits per heavy atom. The minimum absolute atomic E-state index is 0.100. The molecule has 1 N–H and O–H groups in total. The number of halogens is 1. The summed E-state index contributed by atoms with van der Waals surface area (Å²) in [5, 5.41) is 16.2. The predicted octanol–water partition coefficient (Wildman–Crippen LogP) is 1.26. The first-order chi connectivity index (χ1) is 7.59. The Balaban J connectivity index is 2.45. The van der Waals surface area contributed by atoms with Crippen molar-refractivity contribution in [1.82, 2.24) is 10.4 Å². The van der Waals surface area contributed by atoms with Crippen molar-refractivity contribution in [3.8, 4) is 0 Å². The lowest BCUT2D eigenvalue weighted by Gasteiger charge is -2.14. The summed E-state index contributed by atoms with van der Waals surface area (Å²) in [5.74, 6) is 0.360. The zero-order chi connectivity index (χ0) is 11.7. The summed E-state index contributed by atoms with van der Waals surface area (Å²) in [6.07, 6.45) is 1.65. The van der Waals surface area contributed by atoms with Crippen molar-refractivity contribution in [2.24, 2.45) is 5.10 Å². The molecule has 1 aliphatic rings. The molecule has 7 nitrogen and oxygen atoms in total. The van der Waals surface area contributed by atoms with Crippen LogP contribution >= 0.6 is 11.6 Å². The fourth-order valence-corrected chi connectivity index (χ4v) is 1.54. The van der Waals surface area contributed by atoms with Crippen LogP contribution in [0.5, 0.6) is 0 Å². The average Bonchev–Trinajstić information content (AvgIpc) is 2.73. The molecule has 1 aromatic heterocycles. The number of hydrogen-bond acceptors (Lipinski definition) is 6. The Hall–Kier alpha value is -1.73. The second kappa shape index (κ2) is 4.03. The van der Waals surface area contributed by atoms with Crippen LogP contribution < -0.4 is 10.5 Å². The van der Waals surface area contributed by atoms with Crippen molar-refractivity contribution in [1.29, 1.82) is 0 Å².